The molecule has 0 aliphatic carbocycles. The Hall–Kier alpha value is -1.62. The molecule has 1 rings (SSSR count). The number of unbranched alkanes of at least 4 members (excludes halogenated alkanes) is 1. The molecule has 0 spiro atoms. The smallest absolute Gasteiger partial charge is 0.269 e. The summed E-state index contributed by atoms with van der Waals surface area (Å²) in [6, 6.07) is 3.64. The Morgan fingerprint density at radius 1 is 1.32 bits per heavy atom. The van der Waals surface area contributed by atoms with Gasteiger partial charge in [-0.15, -0.1) is 0 Å². The Balaban J connectivity index is 2.39. The van der Waals surface area contributed by atoms with Crippen LogP contribution in [-0.4, -0.2) is 49.5 Å². The van der Waals surface area contributed by atoms with Gasteiger partial charge < -0.3 is 15.5 Å². The van der Waals surface area contributed by atoms with E-state index in [0.29, 0.717) is 12.2 Å². The van der Waals surface area contributed by atoms with Crippen LogP contribution in [0.25, 0.3) is 0 Å². The summed E-state index contributed by atoms with van der Waals surface area (Å²) in [5.74, 6) is -0.123. The second-order valence-electron chi connectivity index (χ2n) is 4.77. The third-order valence-corrected chi connectivity index (χ3v) is 2.70. The van der Waals surface area contributed by atoms with E-state index >= 15 is 0 Å². The summed E-state index contributed by atoms with van der Waals surface area (Å²) in [6.45, 7) is 4.54. The lowest BCUT2D eigenvalue weighted by molar-refractivity contribution is 0.0946. The summed E-state index contributed by atoms with van der Waals surface area (Å²) in [4.78, 5) is 18.0. The van der Waals surface area contributed by atoms with Crippen LogP contribution in [0.15, 0.2) is 18.3 Å². The maximum absolute atomic E-state index is 11.8. The number of carbonyl (C=O) groups excluding carboxylic acids is 1. The van der Waals surface area contributed by atoms with Gasteiger partial charge in [0.2, 0.25) is 0 Å². The fraction of sp³-hybridized carbons (Fsp3) is 0.571. The van der Waals surface area contributed by atoms with Crippen LogP contribution in [-0.2, 0) is 0 Å². The molecule has 0 saturated carbocycles. The van der Waals surface area contributed by atoms with Crippen LogP contribution in [0, 0.1) is 0 Å². The average Bonchev–Trinajstić information content (AvgIpc) is 2.39. The Labute approximate surface area is 115 Å². The molecule has 0 aliphatic heterocycles. The molecule has 1 aromatic rings. The number of aromatic nitrogens is 1. The van der Waals surface area contributed by atoms with E-state index in [-0.39, 0.29) is 5.91 Å². The van der Waals surface area contributed by atoms with Crippen LogP contribution >= 0.6 is 0 Å². The number of carbonyl (C=O) groups is 1. The minimum atomic E-state index is -0.123. The number of hydrogen-bond acceptors (Lipinski definition) is 4. The van der Waals surface area contributed by atoms with Crippen molar-refractivity contribution in [3.63, 3.8) is 0 Å². The number of hydrogen-bond donors (Lipinski definition) is 2. The van der Waals surface area contributed by atoms with E-state index in [4.69, 9.17) is 0 Å². The topological polar surface area (TPSA) is 57.3 Å². The van der Waals surface area contributed by atoms with Crippen molar-refractivity contribution in [3.8, 4) is 0 Å². The lowest BCUT2D eigenvalue weighted by Crippen LogP contribution is -2.31. The molecule has 0 unspecified atom stereocenters. The first-order chi connectivity index (χ1) is 9.13. The van der Waals surface area contributed by atoms with E-state index in [1.54, 1.807) is 12.3 Å². The molecule has 0 radical (unpaired) electrons. The zero-order valence-electron chi connectivity index (χ0n) is 12.1. The molecule has 5 nitrogen and oxygen atoms in total. The predicted molar refractivity (Wildman–Crippen MR) is 78.5 cm³/mol. The third-order valence-electron chi connectivity index (χ3n) is 2.70. The van der Waals surface area contributed by atoms with Gasteiger partial charge in [-0.2, -0.15) is 0 Å². The molecule has 0 aliphatic rings. The van der Waals surface area contributed by atoms with Crippen molar-refractivity contribution in [2.45, 2.75) is 19.8 Å². The highest BCUT2D eigenvalue weighted by molar-refractivity contribution is 5.92. The molecule has 2 N–H and O–H groups in total. The normalized spacial score (nSPS) is 10.5. The highest BCUT2D eigenvalue weighted by Crippen LogP contribution is 2.06. The Morgan fingerprint density at radius 3 is 2.68 bits per heavy atom. The number of anilines is 1. The third kappa shape index (κ3) is 6.20. The van der Waals surface area contributed by atoms with Crippen molar-refractivity contribution in [2.75, 3.05) is 39.0 Å². The van der Waals surface area contributed by atoms with Gasteiger partial charge in [-0.1, -0.05) is 13.3 Å². The summed E-state index contributed by atoms with van der Waals surface area (Å²) in [7, 11) is 3.95. The van der Waals surface area contributed by atoms with Gasteiger partial charge in [-0.25, -0.2) is 4.98 Å². The molecule has 0 bridgehead atoms. The number of nitrogens with one attached hydrogen (secondary N) is 2. The van der Waals surface area contributed by atoms with Crippen molar-refractivity contribution in [2.24, 2.45) is 0 Å². The molecule has 1 heterocycles. The van der Waals surface area contributed by atoms with Crippen LogP contribution < -0.4 is 10.6 Å². The molecule has 0 atom stereocenters. The van der Waals surface area contributed by atoms with E-state index in [0.717, 1.165) is 31.6 Å². The molecule has 106 valence electrons. The molecule has 5 heteroatoms. The van der Waals surface area contributed by atoms with Crippen LogP contribution in [0.5, 0.6) is 0 Å². The standard InChI is InChI=1S/C14H24N4O/c1-4-5-8-15-12-6-7-13(17-11-12)14(19)16-9-10-18(2)3/h6-7,11,15H,4-5,8-10H2,1-3H3,(H,16,19). The second-order valence-corrected chi connectivity index (χ2v) is 4.77. The summed E-state index contributed by atoms with van der Waals surface area (Å²) >= 11 is 0. The number of pyridine rings is 1. The van der Waals surface area contributed by atoms with Crippen LogP contribution in [0.1, 0.15) is 30.3 Å². The van der Waals surface area contributed by atoms with Gasteiger partial charge in [0.15, 0.2) is 0 Å². The predicted octanol–water partition coefficient (Wildman–Crippen LogP) is 1.58. The number of likely N-dealkylation sites (N-methyl/N-ethyl adjacent to an activating group) is 1. The molecule has 1 aromatic heterocycles. The Morgan fingerprint density at radius 2 is 2.11 bits per heavy atom. The average molecular weight is 264 g/mol. The van der Waals surface area contributed by atoms with Crippen LogP contribution in [0.3, 0.4) is 0 Å². The van der Waals surface area contributed by atoms with E-state index in [9.17, 15) is 4.79 Å². The summed E-state index contributed by atoms with van der Waals surface area (Å²) in [6.07, 6.45) is 4.00. The second kappa shape index (κ2) is 8.48. The maximum atomic E-state index is 11.8. The largest absolute Gasteiger partial charge is 0.384 e. The summed E-state index contributed by atoms with van der Waals surface area (Å²) in [5.41, 5.74) is 1.41. The highest BCUT2D eigenvalue weighted by atomic mass is 16.1. The first-order valence-electron chi connectivity index (χ1n) is 6.76. The molecule has 19 heavy (non-hydrogen) atoms. The van der Waals surface area contributed by atoms with Crippen molar-refractivity contribution in [1.29, 1.82) is 0 Å². The Bertz CT molecular complexity index is 376. The fourth-order valence-corrected chi connectivity index (χ4v) is 1.53. The summed E-state index contributed by atoms with van der Waals surface area (Å²) < 4.78 is 0. The number of amides is 1. The summed E-state index contributed by atoms with van der Waals surface area (Å²) in [5, 5.41) is 6.11. The monoisotopic (exact) mass is 264 g/mol. The van der Waals surface area contributed by atoms with Gasteiger partial charge in [-0.05, 0) is 32.6 Å². The van der Waals surface area contributed by atoms with Crippen LogP contribution in [0.2, 0.25) is 0 Å². The zero-order valence-corrected chi connectivity index (χ0v) is 12.1. The van der Waals surface area contributed by atoms with Gasteiger partial charge in [0.25, 0.3) is 5.91 Å². The lowest BCUT2D eigenvalue weighted by Gasteiger charge is -2.10. The first kappa shape index (κ1) is 15.4. The molecule has 0 aromatic carbocycles. The lowest BCUT2D eigenvalue weighted by atomic mass is 10.3. The van der Waals surface area contributed by atoms with Crippen molar-refractivity contribution in [3.05, 3.63) is 24.0 Å². The van der Waals surface area contributed by atoms with Crippen molar-refractivity contribution in [1.82, 2.24) is 15.2 Å². The molecular formula is C14H24N4O. The minimum Gasteiger partial charge on any atom is -0.384 e. The SMILES string of the molecule is CCCCNc1ccc(C(=O)NCCN(C)C)nc1. The first-order valence-corrected chi connectivity index (χ1v) is 6.76. The molecule has 0 fully saturated rings. The van der Waals surface area contributed by atoms with Crippen LogP contribution in [0.4, 0.5) is 5.69 Å². The van der Waals surface area contributed by atoms with Gasteiger partial charge in [0.05, 0.1) is 11.9 Å². The van der Waals surface area contributed by atoms with E-state index in [2.05, 4.69) is 22.5 Å². The Kier molecular flexibility index (Phi) is 6.89. The fourth-order valence-electron chi connectivity index (χ4n) is 1.53. The van der Waals surface area contributed by atoms with Gasteiger partial charge in [-0.3, -0.25) is 4.79 Å². The number of rotatable bonds is 8. The quantitative estimate of drug-likeness (QED) is 0.700. The molecular weight excluding hydrogens is 240 g/mol. The van der Waals surface area contributed by atoms with E-state index in [1.807, 2.05) is 25.1 Å². The van der Waals surface area contributed by atoms with E-state index < -0.39 is 0 Å². The van der Waals surface area contributed by atoms with Gasteiger partial charge in [0, 0.05) is 19.6 Å². The molecule has 1 amide bonds. The zero-order chi connectivity index (χ0) is 14.1. The van der Waals surface area contributed by atoms with Crippen molar-refractivity contribution >= 4 is 11.6 Å². The molecule has 0 saturated heterocycles. The maximum Gasteiger partial charge on any atom is 0.269 e. The minimum absolute atomic E-state index is 0.123. The van der Waals surface area contributed by atoms with Crippen molar-refractivity contribution < 1.29 is 4.79 Å². The highest BCUT2D eigenvalue weighted by Gasteiger charge is 2.06. The van der Waals surface area contributed by atoms with Gasteiger partial charge in [0.1, 0.15) is 5.69 Å². The van der Waals surface area contributed by atoms with Gasteiger partial charge >= 0.3 is 0 Å². The van der Waals surface area contributed by atoms with E-state index in [1.165, 1.54) is 0 Å². The number of nitrogens with zero attached hydrogens (tertiary/aromatic N) is 2.